The summed E-state index contributed by atoms with van der Waals surface area (Å²) in [5.74, 6) is 1.21. The first-order chi connectivity index (χ1) is 15.0. The number of nitrogens with zero attached hydrogens (tertiary/aromatic N) is 4. The van der Waals surface area contributed by atoms with Crippen molar-refractivity contribution in [1.29, 1.82) is 0 Å². The molecule has 0 saturated carbocycles. The predicted octanol–water partition coefficient (Wildman–Crippen LogP) is 2.94. The summed E-state index contributed by atoms with van der Waals surface area (Å²) in [4.78, 5) is 29.9. The second-order valence-electron chi connectivity index (χ2n) is 7.06. The van der Waals surface area contributed by atoms with Crippen LogP contribution in [0.15, 0.2) is 53.3 Å². The first kappa shape index (κ1) is 20.7. The molecule has 9 heteroatoms. The Bertz CT molecular complexity index is 1370. The number of fused-ring (bicyclic) bond motifs is 1. The zero-order valence-corrected chi connectivity index (χ0v) is 18.1. The van der Waals surface area contributed by atoms with Crippen LogP contribution in [0.3, 0.4) is 0 Å². The molecule has 0 bridgehead atoms. The summed E-state index contributed by atoms with van der Waals surface area (Å²) in [6, 6.07) is 14.2. The molecule has 0 fully saturated rings. The van der Waals surface area contributed by atoms with Crippen LogP contribution in [0.2, 0.25) is 0 Å². The van der Waals surface area contributed by atoms with Crippen LogP contribution >= 0.6 is 12.2 Å². The van der Waals surface area contributed by atoms with Crippen molar-refractivity contribution in [3.05, 3.63) is 80.9 Å². The average Bonchev–Trinajstić information content (AvgIpc) is 3.13. The maximum Gasteiger partial charge on any atom is 0.265 e. The molecule has 31 heavy (non-hydrogen) atoms. The number of H-pyrrole nitrogens is 1. The van der Waals surface area contributed by atoms with Crippen molar-refractivity contribution in [2.75, 3.05) is 6.54 Å². The van der Waals surface area contributed by atoms with Crippen LogP contribution in [-0.4, -0.2) is 36.8 Å². The van der Waals surface area contributed by atoms with Gasteiger partial charge in [0.2, 0.25) is 0 Å². The van der Waals surface area contributed by atoms with E-state index in [1.54, 1.807) is 41.8 Å². The van der Waals surface area contributed by atoms with Gasteiger partial charge >= 0.3 is 0 Å². The number of amides is 1. The molecular weight excluding hydrogens is 412 g/mol. The van der Waals surface area contributed by atoms with Gasteiger partial charge in [0.25, 0.3) is 11.5 Å². The van der Waals surface area contributed by atoms with Gasteiger partial charge in [0.05, 0.1) is 16.6 Å². The molecule has 2 aromatic heterocycles. The third kappa shape index (κ3) is 4.04. The maximum absolute atomic E-state index is 12.9. The first-order valence-electron chi connectivity index (χ1n) is 10.0. The van der Waals surface area contributed by atoms with E-state index in [4.69, 9.17) is 12.2 Å². The number of hydrogen-bond donors (Lipinski definition) is 2. The average molecular weight is 435 g/mol. The monoisotopic (exact) mass is 434 g/mol. The Kier molecular flexibility index (Phi) is 5.77. The van der Waals surface area contributed by atoms with E-state index < -0.39 is 0 Å². The zero-order chi connectivity index (χ0) is 22.0. The van der Waals surface area contributed by atoms with Crippen LogP contribution in [-0.2, 0) is 13.0 Å². The Balaban J connectivity index is 1.49. The van der Waals surface area contributed by atoms with E-state index in [0.29, 0.717) is 45.7 Å². The van der Waals surface area contributed by atoms with Gasteiger partial charge in [-0.3, -0.25) is 19.3 Å². The highest BCUT2D eigenvalue weighted by Crippen LogP contribution is 2.13. The minimum atomic E-state index is -0.190. The van der Waals surface area contributed by atoms with Gasteiger partial charge in [-0.25, -0.2) is 4.98 Å². The quantitative estimate of drug-likeness (QED) is 0.455. The molecule has 8 nitrogen and oxygen atoms in total. The minimum absolute atomic E-state index is 0.135. The van der Waals surface area contributed by atoms with Gasteiger partial charge in [-0.1, -0.05) is 12.1 Å². The Morgan fingerprint density at radius 3 is 2.65 bits per heavy atom. The molecule has 0 radical (unpaired) electrons. The van der Waals surface area contributed by atoms with Gasteiger partial charge in [-0.2, -0.15) is 5.10 Å². The van der Waals surface area contributed by atoms with Crippen molar-refractivity contribution in [3.8, 4) is 5.69 Å². The molecule has 2 N–H and O–H groups in total. The number of aryl methyl sites for hydroxylation is 1. The molecule has 0 spiro atoms. The molecule has 4 aromatic rings. The number of benzene rings is 2. The Morgan fingerprint density at radius 1 is 1.16 bits per heavy atom. The van der Waals surface area contributed by atoms with Crippen molar-refractivity contribution < 1.29 is 4.79 Å². The van der Waals surface area contributed by atoms with E-state index in [1.165, 1.54) is 0 Å². The third-order valence-corrected chi connectivity index (χ3v) is 5.43. The van der Waals surface area contributed by atoms with Crippen LogP contribution in [0.5, 0.6) is 0 Å². The predicted molar refractivity (Wildman–Crippen MR) is 121 cm³/mol. The Hall–Kier alpha value is -3.59. The molecule has 0 saturated heterocycles. The number of aromatic nitrogens is 5. The largest absolute Gasteiger partial charge is 0.352 e. The molecule has 2 aromatic carbocycles. The van der Waals surface area contributed by atoms with Crippen molar-refractivity contribution in [3.63, 3.8) is 0 Å². The van der Waals surface area contributed by atoms with E-state index in [0.717, 1.165) is 12.4 Å². The molecule has 0 aliphatic carbocycles. The van der Waals surface area contributed by atoms with Crippen LogP contribution in [0.1, 0.15) is 28.9 Å². The maximum atomic E-state index is 12.9. The summed E-state index contributed by atoms with van der Waals surface area (Å²) in [6.07, 6.45) is 0.572. The summed E-state index contributed by atoms with van der Waals surface area (Å²) in [5, 5.41) is 10.4. The molecule has 1 amide bonds. The van der Waals surface area contributed by atoms with Gasteiger partial charge in [-0.15, -0.1) is 0 Å². The summed E-state index contributed by atoms with van der Waals surface area (Å²) in [7, 11) is 0. The summed E-state index contributed by atoms with van der Waals surface area (Å²) >= 11 is 5.18. The highest BCUT2D eigenvalue weighted by molar-refractivity contribution is 7.71. The van der Waals surface area contributed by atoms with Crippen LogP contribution in [0, 0.1) is 11.7 Å². The lowest BCUT2D eigenvalue weighted by atomic mass is 10.1. The fourth-order valence-corrected chi connectivity index (χ4v) is 3.85. The second kappa shape index (κ2) is 8.65. The highest BCUT2D eigenvalue weighted by atomic mass is 32.1. The van der Waals surface area contributed by atoms with Gasteiger partial charge in [0.1, 0.15) is 11.6 Å². The lowest BCUT2D eigenvalue weighted by Gasteiger charge is -2.11. The third-order valence-electron chi connectivity index (χ3n) is 5.12. The fraction of sp³-hybridized carbons (Fsp3) is 0.227. The number of para-hydroxylation sites is 1. The number of nitrogens with one attached hydrogen (secondary N) is 2. The molecular formula is C22H22N6O2S. The number of carbonyl (C=O) groups is 1. The van der Waals surface area contributed by atoms with Gasteiger partial charge < -0.3 is 9.88 Å². The molecule has 0 aliphatic heterocycles. The van der Waals surface area contributed by atoms with E-state index in [1.807, 2.05) is 29.7 Å². The summed E-state index contributed by atoms with van der Waals surface area (Å²) in [6.45, 7) is 4.95. The van der Waals surface area contributed by atoms with Crippen LogP contribution in [0.4, 0.5) is 0 Å². The van der Waals surface area contributed by atoms with Gasteiger partial charge in [-0.05, 0) is 62.5 Å². The summed E-state index contributed by atoms with van der Waals surface area (Å²) in [5.41, 5.74) is 1.71. The van der Waals surface area contributed by atoms with Gasteiger partial charge in [0, 0.05) is 25.1 Å². The van der Waals surface area contributed by atoms with Gasteiger partial charge in [0.15, 0.2) is 4.77 Å². The van der Waals surface area contributed by atoms with Crippen molar-refractivity contribution >= 4 is 29.0 Å². The second-order valence-corrected chi connectivity index (χ2v) is 7.45. The molecule has 0 atom stereocenters. The Labute approximate surface area is 183 Å². The van der Waals surface area contributed by atoms with E-state index in [2.05, 4.69) is 20.5 Å². The minimum Gasteiger partial charge on any atom is -0.352 e. The number of hydrogen-bond acceptors (Lipinski definition) is 5. The fourth-order valence-electron chi connectivity index (χ4n) is 3.57. The van der Waals surface area contributed by atoms with Crippen molar-refractivity contribution in [2.45, 2.75) is 26.8 Å². The first-order valence-corrected chi connectivity index (χ1v) is 10.4. The standard InChI is InChI=1S/C22H22N6O2S/c1-3-27-19(25-26-22(27)31)12-13-23-20(29)15-8-10-16(11-9-15)28-14(2)24-18-7-5-4-6-17(18)21(28)30/h4-11H,3,12-13H2,1-2H3,(H,23,29)(H,26,31). The van der Waals surface area contributed by atoms with Crippen LogP contribution < -0.4 is 10.9 Å². The van der Waals surface area contributed by atoms with E-state index in [9.17, 15) is 9.59 Å². The number of rotatable bonds is 6. The SMILES string of the molecule is CCn1c(CCNC(=O)c2ccc(-n3c(C)nc4ccccc4c3=O)cc2)n[nH]c1=S. The van der Waals surface area contributed by atoms with Crippen molar-refractivity contribution in [2.24, 2.45) is 0 Å². The zero-order valence-electron chi connectivity index (χ0n) is 17.3. The smallest absolute Gasteiger partial charge is 0.265 e. The topological polar surface area (TPSA) is 97.6 Å². The van der Waals surface area contributed by atoms with Crippen LogP contribution in [0.25, 0.3) is 16.6 Å². The highest BCUT2D eigenvalue weighted by Gasteiger charge is 2.11. The number of carbonyl (C=O) groups excluding carboxylic acids is 1. The van der Waals surface area contributed by atoms with Crippen molar-refractivity contribution in [1.82, 2.24) is 29.6 Å². The summed E-state index contributed by atoms with van der Waals surface area (Å²) < 4.78 is 4.03. The lowest BCUT2D eigenvalue weighted by molar-refractivity contribution is 0.0954. The number of aromatic amines is 1. The molecule has 0 unspecified atom stereocenters. The lowest BCUT2D eigenvalue weighted by Crippen LogP contribution is -2.26. The van der Waals surface area contributed by atoms with E-state index >= 15 is 0 Å². The normalized spacial score (nSPS) is 11.0. The van der Waals surface area contributed by atoms with E-state index in [-0.39, 0.29) is 11.5 Å². The molecule has 4 rings (SSSR count). The molecule has 2 heterocycles. The molecule has 158 valence electrons. The molecule has 0 aliphatic rings. The Morgan fingerprint density at radius 2 is 1.90 bits per heavy atom.